The summed E-state index contributed by atoms with van der Waals surface area (Å²) in [6.45, 7) is 4.14. The summed E-state index contributed by atoms with van der Waals surface area (Å²) in [4.78, 5) is 15.4. The van der Waals surface area contributed by atoms with Gasteiger partial charge >= 0.3 is 0 Å². The molecule has 1 aliphatic heterocycles. The van der Waals surface area contributed by atoms with Crippen LogP contribution in [-0.4, -0.2) is 35.7 Å². The van der Waals surface area contributed by atoms with E-state index < -0.39 is 14.9 Å². The molecule has 0 saturated carbocycles. The van der Waals surface area contributed by atoms with Gasteiger partial charge in [-0.05, 0) is 49.9 Å². The van der Waals surface area contributed by atoms with Crippen molar-refractivity contribution >= 4 is 37.3 Å². The number of hydrogen-bond donors (Lipinski definition) is 0. The molecule has 1 fully saturated rings. The number of fused-ring (bicyclic) bond motifs is 1. The van der Waals surface area contributed by atoms with Crippen LogP contribution in [0.15, 0.2) is 41.3 Å². The van der Waals surface area contributed by atoms with E-state index in [-0.39, 0.29) is 16.5 Å². The third-order valence-corrected chi connectivity index (χ3v) is 8.67. The molecule has 4 rings (SSSR count). The predicted octanol–water partition coefficient (Wildman–Crippen LogP) is 4.39. The number of hydrogen-bond acceptors (Lipinski definition) is 6. The second kappa shape index (κ2) is 7.47. The number of thiazole rings is 1. The molecule has 0 spiro atoms. The third kappa shape index (κ3) is 3.65. The van der Waals surface area contributed by atoms with Crippen molar-refractivity contribution in [1.82, 2.24) is 9.29 Å². The Balaban J connectivity index is 1.68. The predicted molar refractivity (Wildman–Crippen MR) is 113 cm³/mol. The summed E-state index contributed by atoms with van der Waals surface area (Å²) in [5.74, 6) is 0.0241. The Morgan fingerprint density at radius 3 is 2.72 bits per heavy atom. The summed E-state index contributed by atoms with van der Waals surface area (Å²) in [6, 6.07) is 10.5. The number of benzene rings is 2. The number of nitro benzene ring substituents is 1. The van der Waals surface area contributed by atoms with Crippen molar-refractivity contribution < 1.29 is 13.3 Å². The van der Waals surface area contributed by atoms with Gasteiger partial charge in [-0.25, -0.2) is 13.4 Å². The van der Waals surface area contributed by atoms with Gasteiger partial charge in [0.25, 0.3) is 5.69 Å². The first-order valence-electron chi connectivity index (χ1n) is 9.38. The van der Waals surface area contributed by atoms with Crippen molar-refractivity contribution in [2.24, 2.45) is 0 Å². The number of aromatic nitrogens is 1. The molecule has 1 aromatic heterocycles. The first-order chi connectivity index (χ1) is 13.8. The average Bonchev–Trinajstić information content (AvgIpc) is 3.14. The Morgan fingerprint density at radius 1 is 1.24 bits per heavy atom. The van der Waals surface area contributed by atoms with E-state index in [1.807, 2.05) is 24.3 Å². The molecule has 9 heteroatoms. The minimum absolute atomic E-state index is 0.0224. The van der Waals surface area contributed by atoms with E-state index in [9.17, 15) is 18.5 Å². The van der Waals surface area contributed by atoms with Gasteiger partial charge in [0.05, 0.1) is 25.0 Å². The Hall–Kier alpha value is -2.36. The van der Waals surface area contributed by atoms with Crippen molar-refractivity contribution in [2.75, 3.05) is 13.1 Å². The minimum Gasteiger partial charge on any atom is -0.258 e. The van der Waals surface area contributed by atoms with Gasteiger partial charge in [-0.2, -0.15) is 4.31 Å². The fourth-order valence-electron chi connectivity index (χ4n) is 3.75. The summed E-state index contributed by atoms with van der Waals surface area (Å²) >= 11 is 1.60. The van der Waals surface area contributed by atoms with E-state index in [1.165, 1.54) is 16.4 Å². The van der Waals surface area contributed by atoms with Gasteiger partial charge in [0.15, 0.2) is 0 Å². The number of para-hydroxylation sites is 1. The van der Waals surface area contributed by atoms with Gasteiger partial charge in [-0.3, -0.25) is 10.1 Å². The van der Waals surface area contributed by atoms with E-state index in [0.717, 1.165) is 28.1 Å². The van der Waals surface area contributed by atoms with Crippen LogP contribution in [0.25, 0.3) is 10.2 Å². The highest BCUT2D eigenvalue weighted by atomic mass is 32.2. The number of sulfonamides is 1. The smallest absolute Gasteiger partial charge is 0.258 e. The zero-order valence-corrected chi connectivity index (χ0v) is 17.8. The van der Waals surface area contributed by atoms with Crippen molar-refractivity contribution in [3.05, 3.63) is 62.6 Å². The van der Waals surface area contributed by atoms with E-state index in [1.54, 1.807) is 25.2 Å². The number of aryl methyl sites for hydroxylation is 1. The zero-order chi connectivity index (χ0) is 20.8. The summed E-state index contributed by atoms with van der Waals surface area (Å²) in [5.41, 5.74) is 1.87. The highest BCUT2D eigenvalue weighted by Gasteiger charge is 2.34. The monoisotopic (exact) mass is 431 g/mol. The van der Waals surface area contributed by atoms with Gasteiger partial charge in [0.1, 0.15) is 0 Å². The Kier molecular flexibility index (Phi) is 5.14. The highest BCUT2D eigenvalue weighted by molar-refractivity contribution is 7.89. The molecule has 0 bridgehead atoms. The van der Waals surface area contributed by atoms with E-state index >= 15 is 0 Å². The summed E-state index contributed by atoms with van der Waals surface area (Å²) in [5, 5.41) is 12.2. The highest BCUT2D eigenvalue weighted by Crippen LogP contribution is 2.36. The maximum Gasteiger partial charge on any atom is 0.271 e. The molecule has 2 aromatic carbocycles. The van der Waals surface area contributed by atoms with Gasteiger partial charge < -0.3 is 0 Å². The van der Waals surface area contributed by atoms with Crippen LogP contribution in [0.4, 0.5) is 5.69 Å². The molecule has 3 aromatic rings. The number of rotatable bonds is 4. The lowest BCUT2D eigenvalue weighted by Crippen LogP contribution is -2.39. The molecule has 1 saturated heterocycles. The van der Waals surface area contributed by atoms with Crippen LogP contribution >= 0.6 is 11.3 Å². The van der Waals surface area contributed by atoms with Crippen LogP contribution in [-0.2, 0) is 10.0 Å². The molecule has 0 N–H and O–H groups in total. The Bertz CT molecular complexity index is 1170. The molecular formula is C20H21N3O4S2. The maximum absolute atomic E-state index is 13.4. The number of nitrogens with zero attached hydrogens (tertiary/aromatic N) is 3. The van der Waals surface area contributed by atoms with Gasteiger partial charge in [0, 0.05) is 31.1 Å². The zero-order valence-electron chi connectivity index (χ0n) is 16.2. The topological polar surface area (TPSA) is 93.4 Å². The van der Waals surface area contributed by atoms with Crippen molar-refractivity contribution in [3.8, 4) is 0 Å². The van der Waals surface area contributed by atoms with Crippen LogP contribution in [0, 0.1) is 24.0 Å². The molecule has 0 aliphatic carbocycles. The van der Waals surface area contributed by atoms with Crippen molar-refractivity contribution in [3.63, 3.8) is 0 Å². The first kappa shape index (κ1) is 19.9. The molecule has 0 amide bonds. The number of non-ortho nitro benzene ring substituents is 1. The quantitative estimate of drug-likeness (QED) is 0.451. The molecule has 2 heterocycles. The normalized spacial score (nSPS) is 18.2. The third-order valence-electron chi connectivity index (χ3n) is 5.48. The van der Waals surface area contributed by atoms with Crippen LogP contribution in [0.1, 0.15) is 34.9 Å². The first-order valence-corrected chi connectivity index (χ1v) is 11.6. The molecule has 1 aliphatic rings. The Morgan fingerprint density at radius 2 is 2.00 bits per heavy atom. The second-order valence-electron chi connectivity index (χ2n) is 7.36. The SMILES string of the molecule is Cc1cc([N+](=O)[O-])cc(S(=O)(=O)N2CCCC(c3nc4ccccc4s3)C2)c1C. The van der Waals surface area contributed by atoms with Crippen molar-refractivity contribution in [1.29, 1.82) is 0 Å². The van der Waals surface area contributed by atoms with Crippen LogP contribution in [0.5, 0.6) is 0 Å². The van der Waals surface area contributed by atoms with Crippen LogP contribution < -0.4 is 0 Å². The fraction of sp³-hybridized carbons (Fsp3) is 0.350. The van der Waals surface area contributed by atoms with Crippen LogP contribution in [0.2, 0.25) is 0 Å². The van der Waals surface area contributed by atoms with E-state index in [4.69, 9.17) is 4.98 Å². The van der Waals surface area contributed by atoms with Gasteiger partial charge in [-0.15, -0.1) is 11.3 Å². The number of nitro groups is 1. The average molecular weight is 432 g/mol. The summed E-state index contributed by atoms with van der Waals surface area (Å²) in [7, 11) is -3.84. The second-order valence-corrected chi connectivity index (χ2v) is 10.3. The molecule has 0 radical (unpaired) electrons. The molecule has 1 atom stereocenters. The standard InChI is InChI=1S/C20H21N3O4S2/c1-13-10-16(23(24)25)11-19(14(13)2)29(26,27)22-9-5-6-15(12-22)20-21-17-7-3-4-8-18(17)28-20/h3-4,7-8,10-11,15H,5-6,9,12H2,1-2H3. The van der Waals surface area contributed by atoms with E-state index in [0.29, 0.717) is 24.2 Å². The minimum atomic E-state index is -3.84. The molecule has 7 nitrogen and oxygen atoms in total. The lowest BCUT2D eigenvalue weighted by atomic mass is 10.0. The Labute approximate surface area is 173 Å². The maximum atomic E-state index is 13.4. The molecule has 29 heavy (non-hydrogen) atoms. The largest absolute Gasteiger partial charge is 0.271 e. The lowest BCUT2D eigenvalue weighted by molar-refractivity contribution is -0.385. The van der Waals surface area contributed by atoms with Crippen LogP contribution in [0.3, 0.4) is 0 Å². The van der Waals surface area contributed by atoms with Crippen molar-refractivity contribution in [2.45, 2.75) is 37.5 Å². The lowest BCUT2D eigenvalue weighted by Gasteiger charge is -2.31. The summed E-state index contributed by atoms with van der Waals surface area (Å²) in [6.07, 6.45) is 1.60. The van der Waals surface area contributed by atoms with Gasteiger partial charge in [-0.1, -0.05) is 12.1 Å². The number of piperidine rings is 1. The van der Waals surface area contributed by atoms with Gasteiger partial charge in [0.2, 0.25) is 10.0 Å². The fourth-order valence-corrected chi connectivity index (χ4v) is 6.68. The summed E-state index contributed by atoms with van der Waals surface area (Å²) < 4.78 is 29.3. The van der Waals surface area contributed by atoms with E-state index in [2.05, 4.69) is 0 Å². The molecular weight excluding hydrogens is 410 g/mol. The molecule has 1 unspecified atom stereocenters. The molecule has 152 valence electrons.